The zero-order valence-electron chi connectivity index (χ0n) is 8.48. The summed E-state index contributed by atoms with van der Waals surface area (Å²) < 4.78 is 12.9. The highest BCUT2D eigenvalue weighted by Crippen LogP contribution is 2.23. The fourth-order valence-electron chi connectivity index (χ4n) is 1.32. The van der Waals surface area contributed by atoms with Crippen LogP contribution in [0.5, 0.6) is 0 Å². The van der Waals surface area contributed by atoms with Crippen LogP contribution in [0, 0.1) is 5.82 Å². The molecule has 0 fully saturated rings. The molecule has 78 valence electrons. The normalized spacial score (nSPS) is 12.9. The number of hydrogen-bond donors (Lipinski definition) is 1. The van der Waals surface area contributed by atoms with Crippen molar-refractivity contribution in [3.8, 4) is 0 Å². The van der Waals surface area contributed by atoms with Gasteiger partial charge < -0.3 is 5.32 Å². The average molecular weight is 216 g/mol. The van der Waals surface area contributed by atoms with E-state index in [9.17, 15) is 4.39 Å². The van der Waals surface area contributed by atoms with Gasteiger partial charge in [0.25, 0.3) is 0 Å². The molecule has 1 nitrogen and oxygen atoms in total. The Morgan fingerprint density at radius 3 is 2.86 bits per heavy atom. The van der Waals surface area contributed by atoms with Crippen molar-refractivity contribution >= 4 is 11.6 Å². The molecule has 0 spiro atoms. The van der Waals surface area contributed by atoms with Crippen LogP contribution in [0.25, 0.3) is 0 Å². The van der Waals surface area contributed by atoms with E-state index in [4.69, 9.17) is 11.6 Å². The third-order valence-corrected chi connectivity index (χ3v) is 2.47. The third kappa shape index (κ3) is 2.96. The lowest BCUT2D eigenvalue weighted by atomic mass is 10.1. The Bertz CT molecular complexity index is 301. The van der Waals surface area contributed by atoms with Crippen molar-refractivity contribution in [3.05, 3.63) is 34.6 Å². The highest BCUT2D eigenvalue weighted by molar-refractivity contribution is 6.31. The van der Waals surface area contributed by atoms with Crippen LogP contribution in [0.2, 0.25) is 5.02 Å². The van der Waals surface area contributed by atoms with E-state index in [1.165, 1.54) is 12.1 Å². The molecule has 0 aliphatic carbocycles. The minimum Gasteiger partial charge on any atom is -0.310 e. The lowest BCUT2D eigenvalue weighted by Gasteiger charge is -2.15. The van der Waals surface area contributed by atoms with Gasteiger partial charge in [-0.15, -0.1) is 0 Å². The molecule has 0 aromatic heterocycles. The van der Waals surface area contributed by atoms with E-state index in [1.807, 2.05) is 6.92 Å². The first-order chi connectivity index (χ1) is 6.65. The van der Waals surface area contributed by atoms with Crippen LogP contribution < -0.4 is 5.32 Å². The molecular weight excluding hydrogens is 201 g/mol. The molecule has 1 rings (SSSR count). The highest BCUT2D eigenvalue weighted by atomic mass is 35.5. The maximum Gasteiger partial charge on any atom is 0.123 e. The maximum atomic E-state index is 12.9. The number of halogens is 2. The van der Waals surface area contributed by atoms with Crippen molar-refractivity contribution in [2.75, 3.05) is 6.54 Å². The molecule has 1 aromatic carbocycles. The van der Waals surface area contributed by atoms with Gasteiger partial charge in [0.15, 0.2) is 0 Å². The Hall–Kier alpha value is -0.600. The lowest BCUT2D eigenvalue weighted by Crippen LogP contribution is -2.19. The Morgan fingerprint density at radius 2 is 2.21 bits per heavy atom. The predicted molar refractivity (Wildman–Crippen MR) is 58.1 cm³/mol. The molecule has 1 aromatic rings. The number of nitrogens with one attached hydrogen (secondary N) is 1. The smallest absolute Gasteiger partial charge is 0.123 e. The monoisotopic (exact) mass is 215 g/mol. The standard InChI is InChI=1S/C11H15ClFN/c1-3-6-14-8(2)10-7-9(13)4-5-11(10)12/h4-5,7-8,14H,3,6H2,1-2H3. The number of rotatable bonds is 4. The fourth-order valence-corrected chi connectivity index (χ4v) is 1.60. The van der Waals surface area contributed by atoms with E-state index in [0.29, 0.717) is 5.02 Å². The topological polar surface area (TPSA) is 12.0 Å². The summed E-state index contributed by atoms with van der Waals surface area (Å²) in [5.41, 5.74) is 0.820. The predicted octanol–water partition coefficient (Wildman–Crippen LogP) is 3.54. The molecule has 0 radical (unpaired) electrons. The van der Waals surface area contributed by atoms with Crippen molar-refractivity contribution in [2.24, 2.45) is 0 Å². The van der Waals surface area contributed by atoms with Crippen LogP contribution in [0.1, 0.15) is 31.9 Å². The first-order valence-electron chi connectivity index (χ1n) is 4.83. The van der Waals surface area contributed by atoms with Crippen LogP contribution in [0.15, 0.2) is 18.2 Å². The minimum atomic E-state index is -0.241. The van der Waals surface area contributed by atoms with Gasteiger partial charge in [-0.2, -0.15) is 0 Å². The van der Waals surface area contributed by atoms with Gasteiger partial charge in [-0.3, -0.25) is 0 Å². The molecule has 0 saturated carbocycles. The van der Waals surface area contributed by atoms with E-state index in [2.05, 4.69) is 12.2 Å². The van der Waals surface area contributed by atoms with E-state index >= 15 is 0 Å². The molecule has 1 unspecified atom stereocenters. The zero-order chi connectivity index (χ0) is 10.6. The van der Waals surface area contributed by atoms with Gasteiger partial charge >= 0.3 is 0 Å². The second-order valence-electron chi connectivity index (χ2n) is 3.34. The summed E-state index contributed by atoms with van der Waals surface area (Å²) in [6.45, 7) is 4.98. The summed E-state index contributed by atoms with van der Waals surface area (Å²) >= 11 is 5.96. The third-order valence-electron chi connectivity index (χ3n) is 2.13. The quantitative estimate of drug-likeness (QED) is 0.810. The number of benzene rings is 1. The minimum absolute atomic E-state index is 0.0955. The van der Waals surface area contributed by atoms with Gasteiger partial charge in [0.1, 0.15) is 5.82 Å². The SMILES string of the molecule is CCCNC(C)c1cc(F)ccc1Cl. The molecule has 0 saturated heterocycles. The van der Waals surface area contributed by atoms with E-state index < -0.39 is 0 Å². The van der Waals surface area contributed by atoms with Crippen LogP contribution in [-0.2, 0) is 0 Å². The summed E-state index contributed by atoms with van der Waals surface area (Å²) in [5.74, 6) is -0.241. The van der Waals surface area contributed by atoms with Crippen LogP contribution in [0.4, 0.5) is 4.39 Å². The molecule has 0 aliphatic heterocycles. The van der Waals surface area contributed by atoms with E-state index in [1.54, 1.807) is 6.07 Å². The molecule has 1 N–H and O–H groups in total. The average Bonchev–Trinajstić information content (AvgIpc) is 2.18. The van der Waals surface area contributed by atoms with Gasteiger partial charge in [0.2, 0.25) is 0 Å². The molecule has 0 amide bonds. The van der Waals surface area contributed by atoms with Gasteiger partial charge in [-0.25, -0.2) is 4.39 Å². The Balaban J connectivity index is 2.77. The van der Waals surface area contributed by atoms with Crippen molar-refractivity contribution in [1.29, 1.82) is 0 Å². The number of hydrogen-bond acceptors (Lipinski definition) is 1. The molecule has 0 bridgehead atoms. The summed E-state index contributed by atoms with van der Waals surface area (Å²) in [6, 6.07) is 4.54. The van der Waals surface area contributed by atoms with Crippen molar-refractivity contribution < 1.29 is 4.39 Å². The summed E-state index contributed by atoms with van der Waals surface area (Å²) in [4.78, 5) is 0. The van der Waals surface area contributed by atoms with Gasteiger partial charge in [-0.05, 0) is 43.7 Å². The van der Waals surface area contributed by atoms with Crippen LogP contribution in [-0.4, -0.2) is 6.54 Å². The largest absolute Gasteiger partial charge is 0.310 e. The van der Waals surface area contributed by atoms with Crippen molar-refractivity contribution in [3.63, 3.8) is 0 Å². The fraction of sp³-hybridized carbons (Fsp3) is 0.455. The van der Waals surface area contributed by atoms with Crippen molar-refractivity contribution in [2.45, 2.75) is 26.3 Å². The van der Waals surface area contributed by atoms with Gasteiger partial charge in [0.05, 0.1) is 0 Å². The highest BCUT2D eigenvalue weighted by Gasteiger charge is 2.09. The summed E-state index contributed by atoms with van der Waals surface area (Å²) in [6.07, 6.45) is 1.05. The van der Waals surface area contributed by atoms with Crippen molar-refractivity contribution in [1.82, 2.24) is 5.32 Å². The van der Waals surface area contributed by atoms with Crippen LogP contribution >= 0.6 is 11.6 Å². The maximum absolute atomic E-state index is 12.9. The zero-order valence-corrected chi connectivity index (χ0v) is 9.24. The first-order valence-corrected chi connectivity index (χ1v) is 5.21. The lowest BCUT2D eigenvalue weighted by molar-refractivity contribution is 0.562. The molecule has 14 heavy (non-hydrogen) atoms. The summed E-state index contributed by atoms with van der Waals surface area (Å²) in [5, 5.41) is 3.88. The van der Waals surface area contributed by atoms with Gasteiger partial charge in [-0.1, -0.05) is 18.5 Å². The van der Waals surface area contributed by atoms with Gasteiger partial charge in [0, 0.05) is 11.1 Å². The molecular formula is C11H15ClFN. The van der Waals surface area contributed by atoms with E-state index in [-0.39, 0.29) is 11.9 Å². The second-order valence-corrected chi connectivity index (χ2v) is 3.75. The molecule has 1 atom stereocenters. The molecule has 0 heterocycles. The van der Waals surface area contributed by atoms with E-state index in [0.717, 1.165) is 18.5 Å². The molecule has 3 heteroatoms. The summed E-state index contributed by atoms with van der Waals surface area (Å²) in [7, 11) is 0. The van der Waals surface area contributed by atoms with Crippen LogP contribution in [0.3, 0.4) is 0 Å². The Labute approximate surface area is 89.3 Å². The second kappa shape index (κ2) is 5.32. The Kier molecular flexibility index (Phi) is 4.36. The first kappa shape index (κ1) is 11.5. The molecule has 0 aliphatic rings. The Morgan fingerprint density at radius 1 is 1.50 bits per heavy atom.